The molecule has 0 saturated carbocycles. The average Bonchev–Trinajstić information content (AvgIpc) is 3.18. The van der Waals surface area contributed by atoms with E-state index < -0.39 is 0 Å². The molecular weight excluding hydrogens is 262 g/mol. The predicted octanol–water partition coefficient (Wildman–Crippen LogP) is 1.48. The van der Waals surface area contributed by atoms with E-state index >= 15 is 0 Å². The highest BCUT2D eigenvalue weighted by atomic mass is 16.5. The van der Waals surface area contributed by atoms with E-state index in [0.29, 0.717) is 24.4 Å². The largest absolute Gasteiger partial charge is 0.472 e. The third-order valence-corrected chi connectivity index (χ3v) is 3.12. The number of amides is 2. The van der Waals surface area contributed by atoms with E-state index in [-0.39, 0.29) is 17.5 Å². The first-order chi connectivity index (χ1) is 9.66. The van der Waals surface area contributed by atoms with Gasteiger partial charge in [-0.05, 0) is 19.4 Å². The molecule has 0 aliphatic carbocycles. The highest BCUT2D eigenvalue weighted by Crippen LogP contribution is 2.18. The van der Waals surface area contributed by atoms with Gasteiger partial charge in [-0.2, -0.15) is 0 Å². The van der Waals surface area contributed by atoms with Gasteiger partial charge in [0.05, 0.1) is 11.8 Å². The third-order valence-electron chi connectivity index (χ3n) is 3.12. The zero-order valence-corrected chi connectivity index (χ0v) is 10.9. The number of carbonyl (C=O) groups is 2. The van der Waals surface area contributed by atoms with E-state index in [4.69, 9.17) is 8.94 Å². The van der Waals surface area contributed by atoms with Crippen LogP contribution in [0.5, 0.6) is 0 Å². The van der Waals surface area contributed by atoms with E-state index in [0.717, 1.165) is 6.42 Å². The minimum absolute atomic E-state index is 0.203. The molecule has 7 heteroatoms. The van der Waals surface area contributed by atoms with Gasteiger partial charge in [0.15, 0.2) is 5.69 Å². The molecule has 3 rings (SSSR count). The van der Waals surface area contributed by atoms with Gasteiger partial charge in [-0.15, -0.1) is 0 Å². The topological polar surface area (TPSA) is 79.8 Å². The summed E-state index contributed by atoms with van der Waals surface area (Å²) in [4.78, 5) is 24.6. The first-order valence-corrected chi connectivity index (χ1v) is 6.26. The molecule has 1 saturated heterocycles. The van der Waals surface area contributed by atoms with Gasteiger partial charge in [-0.3, -0.25) is 9.59 Å². The Bertz CT molecular complexity index is 632. The van der Waals surface area contributed by atoms with Crippen molar-refractivity contribution in [2.24, 2.45) is 0 Å². The van der Waals surface area contributed by atoms with Crippen LogP contribution in [0, 0.1) is 6.92 Å². The lowest BCUT2D eigenvalue weighted by atomic mass is 10.3. The zero-order valence-electron chi connectivity index (χ0n) is 10.9. The fourth-order valence-corrected chi connectivity index (χ4v) is 2.17. The molecule has 7 nitrogen and oxygen atoms in total. The minimum Gasteiger partial charge on any atom is -0.472 e. The lowest BCUT2D eigenvalue weighted by Gasteiger charge is -2.26. The number of aromatic nitrogens is 1. The van der Waals surface area contributed by atoms with Gasteiger partial charge in [0.25, 0.3) is 11.8 Å². The van der Waals surface area contributed by atoms with E-state index in [1.165, 1.54) is 22.5 Å². The summed E-state index contributed by atoms with van der Waals surface area (Å²) in [6.07, 6.45) is 3.52. The van der Waals surface area contributed by atoms with Crippen LogP contribution in [0.1, 0.15) is 33.0 Å². The zero-order chi connectivity index (χ0) is 14.1. The molecule has 3 heterocycles. The highest BCUT2D eigenvalue weighted by Gasteiger charge is 2.33. The monoisotopic (exact) mass is 275 g/mol. The smallest absolute Gasteiger partial charge is 0.294 e. The summed E-state index contributed by atoms with van der Waals surface area (Å²) in [5, 5.41) is 6.50. The molecule has 2 aromatic rings. The Hall–Kier alpha value is -2.57. The van der Waals surface area contributed by atoms with Gasteiger partial charge in [0.2, 0.25) is 0 Å². The van der Waals surface area contributed by atoms with Crippen LogP contribution in [0.2, 0.25) is 0 Å². The highest BCUT2D eigenvalue weighted by molar-refractivity contribution is 5.98. The molecule has 104 valence electrons. The number of hydrazine groups is 1. The molecule has 1 aliphatic rings. The van der Waals surface area contributed by atoms with Crippen molar-refractivity contribution in [1.29, 1.82) is 0 Å². The molecule has 0 unspecified atom stereocenters. The lowest BCUT2D eigenvalue weighted by molar-refractivity contribution is 0.0179. The fourth-order valence-electron chi connectivity index (χ4n) is 2.17. The molecule has 0 N–H and O–H groups in total. The molecule has 0 spiro atoms. The van der Waals surface area contributed by atoms with Crippen LogP contribution in [-0.4, -0.2) is 40.1 Å². The molecular formula is C13H13N3O4. The second kappa shape index (κ2) is 4.84. The predicted molar refractivity (Wildman–Crippen MR) is 66.6 cm³/mol. The first-order valence-electron chi connectivity index (χ1n) is 6.26. The summed E-state index contributed by atoms with van der Waals surface area (Å²) in [5.74, 6) is -0.0405. The number of nitrogens with zero attached hydrogens (tertiary/aromatic N) is 3. The van der Waals surface area contributed by atoms with E-state index in [2.05, 4.69) is 5.16 Å². The quantitative estimate of drug-likeness (QED) is 0.829. The fraction of sp³-hybridized carbons (Fsp3) is 0.308. The summed E-state index contributed by atoms with van der Waals surface area (Å²) < 4.78 is 9.80. The third kappa shape index (κ3) is 2.07. The Morgan fingerprint density at radius 1 is 1.25 bits per heavy atom. The standard InChI is InChI=1S/C13H13N3O4/c1-9-7-11(14-20-9)13(18)16-5-2-4-15(16)12(17)10-3-6-19-8-10/h3,6-8H,2,4-5H2,1H3. The van der Waals surface area contributed by atoms with Crippen molar-refractivity contribution >= 4 is 11.8 Å². The summed E-state index contributed by atoms with van der Waals surface area (Å²) >= 11 is 0. The van der Waals surface area contributed by atoms with Gasteiger partial charge >= 0.3 is 0 Å². The number of aryl methyl sites for hydroxylation is 1. The second-order valence-corrected chi connectivity index (χ2v) is 4.54. The normalized spacial score (nSPS) is 14.8. The van der Waals surface area contributed by atoms with Gasteiger partial charge < -0.3 is 8.94 Å². The summed E-state index contributed by atoms with van der Waals surface area (Å²) in [7, 11) is 0. The molecule has 0 radical (unpaired) electrons. The average molecular weight is 275 g/mol. The molecule has 1 fully saturated rings. The molecule has 1 aliphatic heterocycles. The Balaban J connectivity index is 1.82. The van der Waals surface area contributed by atoms with E-state index in [1.54, 1.807) is 19.1 Å². The van der Waals surface area contributed by atoms with Crippen molar-refractivity contribution < 1.29 is 18.5 Å². The van der Waals surface area contributed by atoms with Gasteiger partial charge in [-0.1, -0.05) is 5.16 Å². The SMILES string of the molecule is Cc1cc(C(=O)N2CCCN2C(=O)c2ccoc2)no1. The number of hydrogen-bond acceptors (Lipinski definition) is 5. The van der Waals surface area contributed by atoms with Crippen molar-refractivity contribution in [3.05, 3.63) is 41.7 Å². The van der Waals surface area contributed by atoms with Crippen LogP contribution in [0.3, 0.4) is 0 Å². The molecule has 0 atom stereocenters. The summed E-state index contributed by atoms with van der Waals surface area (Å²) in [5.41, 5.74) is 0.621. The maximum atomic E-state index is 12.3. The summed E-state index contributed by atoms with van der Waals surface area (Å²) in [6.45, 7) is 2.68. The Morgan fingerprint density at radius 2 is 2.00 bits per heavy atom. The van der Waals surface area contributed by atoms with Crippen molar-refractivity contribution in [3.8, 4) is 0 Å². The Kier molecular flexibility index (Phi) is 3.02. The van der Waals surface area contributed by atoms with Gasteiger partial charge in [0, 0.05) is 19.2 Å². The van der Waals surface area contributed by atoms with Crippen LogP contribution < -0.4 is 0 Å². The maximum Gasteiger partial charge on any atom is 0.294 e. The van der Waals surface area contributed by atoms with Gasteiger partial charge in [-0.25, -0.2) is 10.0 Å². The van der Waals surface area contributed by atoms with Crippen molar-refractivity contribution in [2.75, 3.05) is 13.1 Å². The maximum absolute atomic E-state index is 12.3. The number of carbonyl (C=O) groups excluding carboxylic acids is 2. The number of hydrogen-bond donors (Lipinski definition) is 0. The molecule has 0 bridgehead atoms. The van der Waals surface area contributed by atoms with Crippen LogP contribution in [-0.2, 0) is 0 Å². The van der Waals surface area contributed by atoms with Crippen molar-refractivity contribution in [2.45, 2.75) is 13.3 Å². The van der Waals surface area contributed by atoms with Crippen LogP contribution in [0.15, 0.2) is 33.6 Å². The molecule has 20 heavy (non-hydrogen) atoms. The summed E-state index contributed by atoms with van der Waals surface area (Å²) in [6, 6.07) is 3.13. The number of furan rings is 1. The van der Waals surface area contributed by atoms with Gasteiger partial charge in [0.1, 0.15) is 12.0 Å². The van der Waals surface area contributed by atoms with Crippen LogP contribution in [0.25, 0.3) is 0 Å². The van der Waals surface area contributed by atoms with Crippen molar-refractivity contribution in [3.63, 3.8) is 0 Å². The minimum atomic E-state index is -0.337. The lowest BCUT2D eigenvalue weighted by Crippen LogP contribution is -2.44. The Morgan fingerprint density at radius 3 is 2.60 bits per heavy atom. The van der Waals surface area contributed by atoms with Crippen LogP contribution in [0.4, 0.5) is 0 Å². The molecule has 2 aromatic heterocycles. The first kappa shape index (κ1) is 12.5. The van der Waals surface area contributed by atoms with E-state index in [1.807, 2.05) is 0 Å². The second-order valence-electron chi connectivity index (χ2n) is 4.54. The number of rotatable bonds is 2. The Labute approximate surface area is 114 Å². The van der Waals surface area contributed by atoms with E-state index in [9.17, 15) is 9.59 Å². The van der Waals surface area contributed by atoms with Crippen LogP contribution >= 0.6 is 0 Å². The molecule has 0 aromatic carbocycles. The van der Waals surface area contributed by atoms with Crippen molar-refractivity contribution in [1.82, 2.24) is 15.2 Å². The molecule has 2 amide bonds.